The number of hydrogen-bond acceptors (Lipinski definition) is 2. The molecular weight excluding hydrogens is 256 g/mol. The maximum Gasteiger partial charge on any atom is 0.0409 e. The van der Waals surface area contributed by atoms with Gasteiger partial charge in [-0.25, -0.2) is 0 Å². The Morgan fingerprint density at radius 3 is 2.68 bits per heavy atom. The molecule has 2 N–H and O–H groups in total. The van der Waals surface area contributed by atoms with E-state index in [0.717, 1.165) is 18.0 Å². The molecular formula is C16H25ClN2. The second-order valence-electron chi connectivity index (χ2n) is 6.03. The number of rotatable bonds is 5. The molecule has 19 heavy (non-hydrogen) atoms. The number of benzene rings is 1. The summed E-state index contributed by atoms with van der Waals surface area (Å²) in [5.74, 6) is 0. The Kier molecular flexibility index (Phi) is 4.88. The summed E-state index contributed by atoms with van der Waals surface area (Å²) in [6.45, 7) is 3.27. The van der Waals surface area contributed by atoms with E-state index in [-0.39, 0.29) is 5.54 Å². The average molecular weight is 281 g/mol. The van der Waals surface area contributed by atoms with Crippen molar-refractivity contribution < 1.29 is 0 Å². The fourth-order valence-corrected chi connectivity index (χ4v) is 3.14. The van der Waals surface area contributed by atoms with Crippen molar-refractivity contribution in [3.8, 4) is 0 Å². The molecule has 1 aromatic rings. The van der Waals surface area contributed by atoms with Gasteiger partial charge in [-0.2, -0.15) is 0 Å². The summed E-state index contributed by atoms with van der Waals surface area (Å²) in [7, 11) is 2.17. The zero-order chi connectivity index (χ0) is 13.9. The van der Waals surface area contributed by atoms with Crippen molar-refractivity contribution >= 4 is 11.6 Å². The Morgan fingerprint density at radius 1 is 1.37 bits per heavy atom. The molecule has 1 unspecified atom stereocenters. The molecule has 3 heteroatoms. The summed E-state index contributed by atoms with van der Waals surface area (Å²) in [6, 6.07) is 8.51. The minimum Gasteiger partial charge on any atom is -0.325 e. The second kappa shape index (κ2) is 6.25. The quantitative estimate of drug-likeness (QED) is 0.883. The minimum atomic E-state index is 0.0856. The van der Waals surface area contributed by atoms with Gasteiger partial charge in [0.1, 0.15) is 0 Å². The van der Waals surface area contributed by atoms with Gasteiger partial charge in [-0.3, -0.25) is 4.90 Å². The summed E-state index contributed by atoms with van der Waals surface area (Å²) < 4.78 is 0. The molecule has 1 aromatic carbocycles. The van der Waals surface area contributed by atoms with Gasteiger partial charge in [0.15, 0.2) is 0 Å². The van der Waals surface area contributed by atoms with Gasteiger partial charge in [0.2, 0.25) is 0 Å². The van der Waals surface area contributed by atoms with Gasteiger partial charge in [-0.15, -0.1) is 0 Å². The SMILES string of the molecule is CC(c1cccc(Cl)c1)N(C)CCC1(N)CCCC1. The highest BCUT2D eigenvalue weighted by Crippen LogP contribution is 2.31. The predicted molar refractivity (Wildman–Crippen MR) is 82.5 cm³/mol. The van der Waals surface area contributed by atoms with Crippen molar-refractivity contribution in [1.82, 2.24) is 4.90 Å². The number of nitrogens with zero attached hydrogens (tertiary/aromatic N) is 1. The van der Waals surface area contributed by atoms with Gasteiger partial charge in [0.25, 0.3) is 0 Å². The van der Waals surface area contributed by atoms with E-state index in [9.17, 15) is 0 Å². The Bertz CT molecular complexity index is 413. The third kappa shape index (κ3) is 3.95. The Morgan fingerprint density at radius 2 is 2.05 bits per heavy atom. The Labute approximate surface area is 121 Å². The van der Waals surface area contributed by atoms with Gasteiger partial charge in [-0.1, -0.05) is 36.6 Å². The van der Waals surface area contributed by atoms with Crippen LogP contribution in [0.4, 0.5) is 0 Å². The van der Waals surface area contributed by atoms with Crippen LogP contribution in [-0.4, -0.2) is 24.0 Å². The fraction of sp³-hybridized carbons (Fsp3) is 0.625. The first kappa shape index (κ1) is 14.8. The molecule has 0 spiro atoms. The first-order valence-electron chi connectivity index (χ1n) is 7.25. The summed E-state index contributed by atoms with van der Waals surface area (Å²) >= 11 is 6.06. The molecule has 0 bridgehead atoms. The van der Waals surface area contributed by atoms with E-state index in [4.69, 9.17) is 17.3 Å². The van der Waals surface area contributed by atoms with Crippen molar-refractivity contribution in [3.05, 3.63) is 34.9 Å². The zero-order valence-electron chi connectivity index (χ0n) is 12.0. The van der Waals surface area contributed by atoms with E-state index < -0.39 is 0 Å². The molecule has 0 heterocycles. The van der Waals surface area contributed by atoms with E-state index in [1.54, 1.807) is 0 Å². The smallest absolute Gasteiger partial charge is 0.0409 e. The molecule has 106 valence electrons. The van der Waals surface area contributed by atoms with Crippen LogP contribution in [0.15, 0.2) is 24.3 Å². The Hall–Kier alpha value is -0.570. The van der Waals surface area contributed by atoms with E-state index >= 15 is 0 Å². The van der Waals surface area contributed by atoms with Gasteiger partial charge in [0.05, 0.1) is 0 Å². The second-order valence-corrected chi connectivity index (χ2v) is 6.47. The zero-order valence-corrected chi connectivity index (χ0v) is 12.8. The van der Waals surface area contributed by atoms with Crippen molar-refractivity contribution in [2.24, 2.45) is 5.73 Å². The predicted octanol–water partition coefficient (Wildman–Crippen LogP) is 3.99. The molecule has 1 atom stereocenters. The van der Waals surface area contributed by atoms with Crippen LogP contribution in [0.25, 0.3) is 0 Å². The third-order valence-electron chi connectivity index (χ3n) is 4.55. The van der Waals surface area contributed by atoms with E-state index in [1.165, 1.54) is 31.2 Å². The molecule has 1 aliphatic carbocycles. The lowest BCUT2D eigenvalue weighted by molar-refractivity contribution is 0.229. The van der Waals surface area contributed by atoms with Crippen LogP contribution in [0, 0.1) is 0 Å². The summed E-state index contributed by atoms with van der Waals surface area (Å²) in [6.07, 6.45) is 6.06. The van der Waals surface area contributed by atoms with Crippen molar-refractivity contribution in [3.63, 3.8) is 0 Å². The van der Waals surface area contributed by atoms with Crippen LogP contribution < -0.4 is 5.73 Å². The summed E-state index contributed by atoms with van der Waals surface area (Å²) in [5, 5.41) is 0.809. The van der Waals surface area contributed by atoms with Crippen molar-refractivity contribution in [1.29, 1.82) is 0 Å². The number of halogens is 1. The summed E-state index contributed by atoms with van der Waals surface area (Å²) in [5.41, 5.74) is 7.78. The van der Waals surface area contributed by atoms with Crippen LogP contribution in [0.5, 0.6) is 0 Å². The van der Waals surface area contributed by atoms with Gasteiger partial charge < -0.3 is 5.73 Å². The molecule has 0 radical (unpaired) electrons. The maximum atomic E-state index is 6.42. The van der Waals surface area contributed by atoms with Crippen LogP contribution in [0.1, 0.15) is 50.6 Å². The monoisotopic (exact) mass is 280 g/mol. The lowest BCUT2D eigenvalue weighted by atomic mass is 9.94. The standard InChI is InChI=1S/C16H25ClN2/c1-13(14-6-5-7-15(17)12-14)19(2)11-10-16(18)8-3-4-9-16/h5-7,12-13H,3-4,8-11,18H2,1-2H3. The molecule has 2 nitrogen and oxygen atoms in total. The topological polar surface area (TPSA) is 29.3 Å². The van der Waals surface area contributed by atoms with Crippen LogP contribution >= 0.6 is 11.6 Å². The molecule has 1 fully saturated rings. The normalized spacial score (nSPS) is 19.8. The van der Waals surface area contributed by atoms with Crippen LogP contribution in [0.3, 0.4) is 0 Å². The van der Waals surface area contributed by atoms with Crippen molar-refractivity contribution in [2.45, 2.75) is 50.6 Å². The van der Waals surface area contributed by atoms with Gasteiger partial charge in [0, 0.05) is 23.1 Å². The fourth-order valence-electron chi connectivity index (χ4n) is 2.94. The molecule has 2 rings (SSSR count). The van der Waals surface area contributed by atoms with Crippen LogP contribution in [0.2, 0.25) is 5.02 Å². The highest BCUT2D eigenvalue weighted by molar-refractivity contribution is 6.30. The highest BCUT2D eigenvalue weighted by atomic mass is 35.5. The van der Waals surface area contributed by atoms with E-state index in [2.05, 4.69) is 31.0 Å². The third-order valence-corrected chi connectivity index (χ3v) is 4.79. The number of nitrogens with two attached hydrogens (primary N) is 1. The minimum absolute atomic E-state index is 0.0856. The average Bonchev–Trinajstić information content (AvgIpc) is 2.82. The molecule has 1 aliphatic rings. The molecule has 0 saturated heterocycles. The van der Waals surface area contributed by atoms with E-state index in [0.29, 0.717) is 6.04 Å². The molecule has 0 aromatic heterocycles. The van der Waals surface area contributed by atoms with E-state index in [1.807, 2.05) is 12.1 Å². The molecule has 0 aliphatic heterocycles. The highest BCUT2D eigenvalue weighted by Gasteiger charge is 2.29. The number of hydrogen-bond donors (Lipinski definition) is 1. The van der Waals surface area contributed by atoms with Gasteiger partial charge in [-0.05, 0) is 50.9 Å². The molecule has 0 amide bonds. The maximum absolute atomic E-state index is 6.42. The van der Waals surface area contributed by atoms with Crippen molar-refractivity contribution in [2.75, 3.05) is 13.6 Å². The van der Waals surface area contributed by atoms with Gasteiger partial charge >= 0.3 is 0 Å². The summed E-state index contributed by atoms with van der Waals surface area (Å²) in [4.78, 5) is 2.37. The molecule has 1 saturated carbocycles. The first-order valence-corrected chi connectivity index (χ1v) is 7.63. The first-order chi connectivity index (χ1) is 9.00. The van der Waals surface area contributed by atoms with Crippen LogP contribution in [-0.2, 0) is 0 Å². The lowest BCUT2D eigenvalue weighted by Crippen LogP contribution is -2.40. The Balaban J connectivity index is 1.90. The largest absolute Gasteiger partial charge is 0.325 e. The lowest BCUT2D eigenvalue weighted by Gasteiger charge is -2.30.